The molecule has 0 atom stereocenters. The molecule has 0 saturated heterocycles. The molecule has 1 aromatic heterocycles. The molecule has 5 nitrogen and oxygen atoms in total. The molecule has 0 bridgehead atoms. The number of amides is 1. The predicted molar refractivity (Wildman–Crippen MR) is 54.1 cm³/mol. The van der Waals surface area contributed by atoms with Crippen molar-refractivity contribution in [2.24, 2.45) is 5.73 Å². The summed E-state index contributed by atoms with van der Waals surface area (Å²) in [5, 5.41) is 3.12. The lowest BCUT2D eigenvalue weighted by Crippen LogP contribution is -2.23. The minimum Gasteiger partial charge on any atom is -0.448 e. The van der Waals surface area contributed by atoms with Gasteiger partial charge in [-0.25, -0.2) is 9.78 Å². The van der Waals surface area contributed by atoms with E-state index in [4.69, 9.17) is 5.73 Å². The summed E-state index contributed by atoms with van der Waals surface area (Å²) in [6.07, 6.45) is -0.735. The van der Waals surface area contributed by atoms with Gasteiger partial charge in [0.15, 0.2) is 0 Å². The first-order chi connectivity index (χ1) is 6.70. The number of carbonyl (C=O) groups excluding carboxylic acids is 1. The highest BCUT2D eigenvalue weighted by atomic mass is 32.1. The molecule has 0 radical (unpaired) electrons. The summed E-state index contributed by atoms with van der Waals surface area (Å²) < 4.78 is 4.56. The number of primary amides is 1. The van der Waals surface area contributed by atoms with Gasteiger partial charge < -0.3 is 15.8 Å². The van der Waals surface area contributed by atoms with Gasteiger partial charge in [0.1, 0.15) is 6.61 Å². The van der Waals surface area contributed by atoms with Crippen LogP contribution < -0.4 is 11.1 Å². The maximum Gasteiger partial charge on any atom is 0.404 e. The van der Waals surface area contributed by atoms with Gasteiger partial charge in [0, 0.05) is 18.0 Å². The zero-order valence-electron chi connectivity index (χ0n) is 7.95. The molecule has 3 N–H and O–H groups in total. The average Bonchev–Trinajstić information content (AvgIpc) is 2.51. The van der Waals surface area contributed by atoms with Crippen molar-refractivity contribution in [1.82, 2.24) is 10.3 Å². The Hall–Kier alpha value is -1.14. The van der Waals surface area contributed by atoms with Crippen molar-refractivity contribution >= 4 is 17.4 Å². The van der Waals surface area contributed by atoms with Crippen LogP contribution in [0, 0.1) is 6.92 Å². The number of carbonyl (C=O) groups is 1. The Morgan fingerprint density at radius 3 is 3.14 bits per heavy atom. The highest BCUT2D eigenvalue weighted by Gasteiger charge is 2.00. The number of nitrogens with zero attached hydrogens (tertiary/aromatic N) is 1. The molecule has 0 spiro atoms. The Morgan fingerprint density at radius 1 is 1.79 bits per heavy atom. The van der Waals surface area contributed by atoms with E-state index in [1.165, 1.54) is 4.88 Å². The second-order valence-electron chi connectivity index (χ2n) is 2.71. The van der Waals surface area contributed by atoms with Gasteiger partial charge in [-0.1, -0.05) is 0 Å². The number of rotatable bonds is 5. The van der Waals surface area contributed by atoms with Crippen LogP contribution in [-0.4, -0.2) is 24.2 Å². The van der Waals surface area contributed by atoms with E-state index in [2.05, 4.69) is 15.0 Å². The minimum absolute atomic E-state index is 0.299. The van der Waals surface area contributed by atoms with E-state index in [0.29, 0.717) is 13.2 Å². The van der Waals surface area contributed by atoms with Gasteiger partial charge >= 0.3 is 6.09 Å². The normalized spacial score (nSPS) is 10.1. The lowest BCUT2D eigenvalue weighted by Gasteiger charge is -2.03. The van der Waals surface area contributed by atoms with Crippen LogP contribution in [0.15, 0.2) is 5.51 Å². The van der Waals surface area contributed by atoms with Crippen LogP contribution >= 0.6 is 11.3 Å². The van der Waals surface area contributed by atoms with Crippen molar-refractivity contribution < 1.29 is 9.53 Å². The standard InChI is InChI=1S/C8H13N3O2S/c1-6-7(14-5-11-6)4-10-2-3-13-8(9)12/h5,10H,2-4H2,1H3,(H2,9,12). The molecule has 0 aliphatic rings. The van der Waals surface area contributed by atoms with Crippen LogP contribution in [0.5, 0.6) is 0 Å². The molecule has 1 aromatic rings. The third kappa shape index (κ3) is 3.71. The first-order valence-corrected chi connectivity index (χ1v) is 5.10. The fraction of sp³-hybridized carbons (Fsp3) is 0.500. The zero-order valence-corrected chi connectivity index (χ0v) is 8.76. The van der Waals surface area contributed by atoms with Crippen molar-refractivity contribution in [2.45, 2.75) is 13.5 Å². The number of nitrogens with two attached hydrogens (primary N) is 1. The van der Waals surface area contributed by atoms with Gasteiger partial charge in [0.2, 0.25) is 0 Å². The van der Waals surface area contributed by atoms with Crippen LogP contribution in [0.25, 0.3) is 0 Å². The molecule has 1 heterocycles. The molecule has 0 aromatic carbocycles. The smallest absolute Gasteiger partial charge is 0.404 e. The van der Waals surface area contributed by atoms with Crippen molar-refractivity contribution in [2.75, 3.05) is 13.2 Å². The summed E-state index contributed by atoms with van der Waals surface area (Å²) in [6.45, 7) is 3.61. The molecule has 0 aliphatic heterocycles. The van der Waals surface area contributed by atoms with E-state index < -0.39 is 6.09 Å². The van der Waals surface area contributed by atoms with Crippen molar-refractivity contribution in [3.8, 4) is 0 Å². The topological polar surface area (TPSA) is 77.2 Å². The van der Waals surface area contributed by atoms with E-state index in [9.17, 15) is 4.79 Å². The number of nitrogens with one attached hydrogen (secondary N) is 1. The quantitative estimate of drug-likeness (QED) is 0.706. The Morgan fingerprint density at radius 2 is 2.57 bits per heavy atom. The zero-order chi connectivity index (χ0) is 10.4. The van der Waals surface area contributed by atoms with Gasteiger partial charge in [0.05, 0.1) is 11.2 Å². The van der Waals surface area contributed by atoms with Crippen molar-refractivity contribution in [3.63, 3.8) is 0 Å². The summed E-state index contributed by atoms with van der Waals surface area (Å²) in [5.74, 6) is 0. The molecule has 14 heavy (non-hydrogen) atoms. The maximum atomic E-state index is 10.2. The minimum atomic E-state index is -0.735. The molecule has 78 valence electrons. The average molecular weight is 215 g/mol. The number of aryl methyl sites for hydroxylation is 1. The van der Waals surface area contributed by atoms with E-state index in [1.807, 2.05) is 12.4 Å². The van der Waals surface area contributed by atoms with E-state index in [1.54, 1.807) is 11.3 Å². The lowest BCUT2D eigenvalue weighted by atomic mass is 10.4. The number of hydrogen-bond donors (Lipinski definition) is 2. The molecule has 0 aliphatic carbocycles. The largest absolute Gasteiger partial charge is 0.448 e. The van der Waals surface area contributed by atoms with Gasteiger partial charge in [-0.3, -0.25) is 0 Å². The van der Waals surface area contributed by atoms with Gasteiger partial charge in [-0.05, 0) is 6.92 Å². The van der Waals surface area contributed by atoms with E-state index in [0.717, 1.165) is 12.2 Å². The first kappa shape index (κ1) is 10.9. The maximum absolute atomic E-state index is 10.2. The SMILES string of the molecule is Cc1ncsc1CNCCOC(N)=O. The summed E-state index contributed by atoms with van der Waals surface area (Å²) in [4.78, 5) is 15.5. The fourth-order valence-electron chi connectivity index (χ4n) is 0.922. The molecule has 0 unspecified atom stereocenters. The summed E-state index contributed by atoms with van der Waals surface area (Å²) >= 11 is 1.61. The second-order valence-corrected chi connectivity index (χ2v) is 3.64. The Bertz CT molecular complexity index is 301. The predicted octanol–water partition coefficient (Wildman–Crippen LogP) is 0.636. The number of ether oxygens (including phenoxy) is 1. The molecule has 1 rings (SSSR count). The lowest BCUT2D eigenvalue weighted by molar-refractivity contribution is 0.157. The Balaban J connectivity index is 2.10. The van der Waals surface area contributed by atoms with Crippen molar-refractivity contribution in [3.05, 3.63) is 16.1 Å². The summed E-state index contributed by atoms with van der Waals surface area (Å²) in [7, 11) is 0. The summed E-state index contributed by atoms with van der Waals surface area (Å²) in [6, 6.07) is 0. The van der Waals surface area contributed by atoms with E-state index in [-0.39, 0.29) is 0 Å². The number of aromatic nitrogens is 1. The third-order valence-electron chi connectivity index (χ3n) is 1.65. The first-order valence-electron chi connectivity index (χ1n) is 4.22. The number of hydrogen-bond acceptors (Lipinski definition) is 5. The molecule has 0 fully saturated rings. The molecular weight excluding hydrogens is 202 g/mol. The number of thiazole rings is 1. The van der Waals surface area contributed by atoms with Crippen LogP contribution in [0.1, 0.15) is 10.6 Å². The Labute approximate surface area is 86.3 Å². The molecule has 0 saturated carbocycles. The van der Waals surface area contributed by atoms with Crippen molar-refractivity contribution in [1.29, 1.82) is 0 Å². The molecule has 1 amide bonds. The highest BCUT2D eigenvalue weighted by molar-refractivity contribution is 7.09. The second kappa shape index (κ2) is 5.56. The van der Waals surface area contributed by atoms with Crippen LogP contribution in [0.3, 0.4) is 0 Å². The van der Waals surface area contributed by atoms with Crippen LogP contribution in [0.2, 0.25) is 0 Å². The Kier molecular flexibility index (Phi) is 4.34. The summed E-state index contributed by atoms with van der Waals surface area (Å²) in [5.41, 5.74) is 7.65. The third-order valence-corrected chi connectivity index (χ3v) is 2.59. The van der Waals surface area contributed by atoms with Gasteiger partial charge in [0.25, 0.3) is 0 Å². The fourth-order valence-corrected chi connectivity index (χ4v) is 1.67. The van der Waals surface area contributed by atoms with Gasteiger partial charge in [-0.2, -0.15) is 0 Å². The highest BCUT2D eigenvalue weighted by Crippen LogP contribution is 2.10. The molecule has 6 heteroatoms. The van der Waals surface area contributed by atoms with Gasteiger partial charge in [-0.15, -0.1) is 11.3 Å². The van der Waals surface area contributed by atoms with Crippen LogP contribution in [0.4, 0.5) is 4.79 Å². The molecular formula is C8H13N3O2S. The van der Waals surface area contributed by atoms with Crippen LogP contribution in [-0.2, 0) is 11.3 Å². The monoisotopic (exact) mass is 215 g/mol. The van der Waals surface area contributed by atoms with E-state index >= 15 is 0 Å².